The summed E-state index contributed by atoms with van der Waals surface area (Å²) in [4.78, 5) is 16.1. The number of aromatic nitrogens is 1. The number of thiophene rings is 1. The normalized spacial score (nSPS) is 17.9. The highest BCUT2D eigenvalue weighted by molar-refractivity contribution is 7.91. The number of carbonyl (C=O) groups excluding carboxylic acids is 1. The van der Waals surface area contributed by atoms with Gasteiger partial charge in [0.05, 0.1) is 22.6 Å². The fourth-order valence-corrected chi connectivity index (χ4v) is 8.38. The number of sulfone groups is 1. The van der Waals surface area contributed by atoms with Crippen LogP contribution >= 0.6 is 11.3 Å². The molecule has 34 heavy (non-hydrogen) atoms. The highest BCUT2D eigenvalue weighted by Gasteiger charge is 2.28. The Morgan fingerprint density at radius 1 is 1.18 bits per heavy atom. The van der Waals surface area contributed by atoms with Crippen molar-refractivity contribution < 1.29 is 21.6 Å². The third kappa shape index (κ3) is 4.93. The lowest BCUT2D eigenvalue weighted by Gasteiger charge is -2.21. The lowest BCUT2D eigenvalue weighted by Crippen LogP contribution is -2.35. The second-order valence-corrected chi connectivity index (χ2v) is 14.6. The van der Waals surface area contributed by atoms with Crippen molar-refractivity contribution in [2.75, 3.05) is 11.5 Å². The molecule has 1 amide bonds. The average molecular weight is 524 g/mol. The molecule has 0 spiro atoms. The van der Waals surface area contributed by atoms with Crippen LogP contribution in [0.2, 0.25) is 0 Å². The summed E-state index contributed by atoms with van der Waals surface area (Å²) in [7, 11) is -6.68. The molecule has 0 bridgehead atoms. The van der Waals surface area contributed by atoms with Crippen LogP contribution in [0.4, 0.5) is 0 Å². The maximum absolute atomic E-state index is 12.8. The van der Waals surface area contributed by atoms with E-state index in [-0.39, 0.29) is 33.6 Å². The predicted molar refractivity (Wildman–Crippen MR) is 135 cm³/mol. The van der Waals surface area contributed by atoms with E-state index in [2.05, 4.69) is 9.71 Å². The third-order valence-corrected chi connectivity index (χ3v) is 11.5. The van der Waals surface area contributed by atoms with E-state index >= 15 is 0 Å². The Bertz CT molecular complexity index is 1440. The Balaban J connectivity index is 1.75. The van der Waals surface area contributed by atoms with Gasteiger partial charge in [0.15, 0.2) is 0 Å². The van der Waals surface area contributed by atoms with Crippen LogP contribution in [0, 0.1) is 5.92 Å². The molecule has 1 aliphatic rings. The molecule has 0 unspecified atom stereocenters. The van der Waals surface area contributed by atoms with Gasteiger partial charge < -0.3 is 10.7 Å². The lowest BCUT2D eigenvalue weighted by atomic mass is 9.91. The Labute approximate surface area is 203 Å². The minimum atomic E-state index is -3.67. The number of carbonyl (C=O) groups is 1. The zero-order valence-electron chi connectivity index (χ0n) is 19.3. The second kappa shape index (κ2) is 9.10. The molecule has 4 rings (SSSR count). The van der Waals surface area contributed by atoms with Gasteiger partial charge in [-0.05, 0) is 67.0 Å². The van der Waals surface area contributed by atoms with Crippen molar-refractivity contribution in [3.63, 3.8) is 0 Å². The molecular formula is C23H29N3O5S3. The van der Waals surface area contributed by atoms with Crippen molar-refractivity contribution in [1.82, 2.24) is 9.71 Å². The van der Waals surface area contributed by atoms with Gasteiger partial charge in [-0.25, -0.2) is 21.6 Å². The number of fused-ring (bicyclic) bond motifs is 1. The third-order valence-electron chi connectivity index (χ3n) is 6.55. The summed E-state index contributed by atoms with van der Waals surface area (Å²) < 4.78 is 52.3. The van der Waals surface area contributed by atoms with Crippen LogP contribution in [-0.2, 0) is 19.9 Å². The number of benzene rings is 1. The number of rotatable bonds is 7. The maximum Gasteiger partial charge on any atom is 0.250 e. The Morgan fingerprint density at radius 3 is 2.47 bits per heavy atom. The molecule has 2 aromatic heterocycles. The summed E-state index contributed by atoms with van der Waals surface area (Å²) in [5, 5.41) is 0.806. The molecule has 8 nitrogen and oxygen atoms in total. The minimum Gasteiger partial charge on any atom is -0.366 e. The molecule has 3 aromatic rings. The SMILES string of the molecule is CC(C)[C@H](C)NS(=O)(=O)c1ccc(-c2cc(C(N)=O)c3[nH]cc(C4CCS(=O)(=O)CC4)c3c2)s1. The summed E-state index contributed by atoms with van der Waals surface area (Å²) in [5.74, 6) is -0.115. The van der Waals surface area contributed by atoms with Crippen LogP contribution in [0.25, 0.3) is 21.3 Å². The van der Waals surface area contributed by atoms with Crippen LogP contribution in [-0.4, -0.2) is 45.3 Å². The first-order valence-corrected chi connectivity index (χ1v) is 15.3. The maximum atomic E-state index is 12.8. The first-order valence-electron chi connectivity index (χ1n) is 11.2. The van der Waals surface area contributed by atoms with E-state index < -0.39 is 25.8 Å². The quantitative estimate of drug-likeness (QED) is 0.434. The van der Waals surface area contributed by atoms with Gasteiger partial charge >= 0.3 is 0 Å². The van der Waals surface area contributed by atoms with Gasteiger partial charge in [0, 0.05) is 22.5 Å². The molecule has 0 radical (unpaired) electrons. The van der Waals surface area contributed by atoms with E-state index in [9.17, 15) is 21.6 Å². The predicted octanol–water partition coefficient (Wildman–Crippen LogP) is 3.61. The monoisotopic (exact) mass is 523 g/mol. The first kappa shape index (κ1) is 24.9. The molecular weight excluding hydrogens is 494 g/mol. The Hall–Kier alpha value is -2.21. The summed E-state index contributed by atoms with van der Waals surface area (Å²) in [6, 6.07) is 6.67. The molecule has 3 heterocycles. The van der Waals surface area contributed by atoms with E-state index in [0.29, 0.717) is 34.4 Å². The number of H-pyrrole nitrogens is 1. The highest BCUT2D eigenvalue weighted by atomic mass is 32.2. The fourth-order valence-electron chi connectivity index (χ4n) is 4.19. The standard InChI is InChI=1S/C23H29N3O5S3/c1-13(2)14(3)26-34(30,31)21-5-4-20(32-21)16-10-17-19(15-6-8-33(28,29)9-7-15)12-25-22(17)18(11-16)23(24)27/h4-5,10-15,25-26H,6-9H2,1-3H3,(H2,24,27)/t14-/m0/s1. The van der Waals surface area contributed by atoms with Crippen LogP contribution < -0.4 is 10.5 Å². The number of nitrogens with one attached hydrogen (secondary N) is 2. The molecule has 1 saturated heterocycles. The molecule has 184 valence electrons. The van der Waals surface area contributed by atoms with Crippen LogP contribution in [0.15, 0.2) is 34.7 Å². The molecule has 1 aromatic carbocycles. The van der Waals surface area contributed by atoms with Gasteiger partial charge in [0.25, 0.3) is 5.91 Å². The van der Waals surface area contributed by atoms with Crippen molar-refractivity contribution in [3.05, 3.63) is 41.6 Å². The summed E-state index contributed by atoms with van der Waals surface area (Å²) in [6.45, 7) is 5.72. The lowest BCUT2D eigenvalue weighted by molar-refractivity contribution is 0.100. The van der Waals surface area contributed by atoms with Crippen molar-refractivity contribution in [2.24, 2.45) is 11.7 Å². The van der Waals surface area contributed by atoms with Gasteiger partial charge in [-0.1, -0.05) is 13.8 Å². The summed E-state index contributed by atoms with van der Waals surface area (Å²) >= 11 is 1.13. The number of sulfonamides is 1. The van der Waals surface area contributed by atoms with Crippen molar-refractivity contribution in [3.8, 4) is 10.4 Å². The van der Waals surface area contributed by atoms with E-state index in [0.717, 1.165) is 22.3 Å². The number of nitrogens with two attached hydrogens (primary N) is 1. The van der Waals surface area contributed by atoms with E-state index in [4.69, 9.17) is 5.73 Å². The number of aromatic amines is 1. The van der Waals surface area contributed by atoms with Crippen molar-refractivity contribution >= 4 is 48.0 Å². The summed E-state index contributed by atoms with van der Waals surface area (Å²) in [5.41, 5.74) is 8.23. The van der Waals surface area contributed by atoms with E-state index in [1.165, 1.54) is 0 Å². The van der Waals surface area contributed by atoms with Gasteiger partial charge in [-0.3, -0.25) is 4.79 Å². The molecule has 0 saturated carbocycles. The van der Waals surface area contributed by atoms with Crippen LogP contribution in [0.1, 0.15) is 55.5 Å². The topological polar surface area (TPSA) is 139 Å². The number of primary amides is 1. The fraction of sp³-hybridized carbons (Fsp3) is 0.435. The van der Waals surface area contributed by atoms with Crippen LogP contribution in [0.5, 0.6) is 0 Å². The first-order chi connectivity index (χ1) is 15.9. The largest absolute Gasteiger partial charge is 0.366 e. The zero-order chi connectivity index (χ0) is 24.8. The van der Waals surface area contributed by atoms with Gasteiger partial charge in [-0.15, -0.1) is 11.3 Å². The number of hydrogen-bond acceptors (Lipinski definition) is 6. The number of amides is 1. The van der Waals surface area contributed by atoms with E-state index in [1.807, 2.05) is 33.0 Å². The molecule has 4 N–H and O–H groups in total. The van der Waals surface area contributed by atoms with Gasteiger partial charge in [0.2, 0.25) is 10.0 Å². The smallest absolute Gasteiger partial charge is 0.250 e. The Kier molecular flexibility index (Phi) is 6.67. The molecule has 11 heteroatoms. The van der Waals surface area contributed by atoms with Crippen molar-refractivity contribution in [2.45, 2.75) is 49.8 Å². The molecule has 0 aliphatic carbocycles. The highest BCUT2D eigenvalue weighted by Crippen LogP contribution is 2.39. The second-order valence-electron chi connectivity index (χ2n) is 9.25. The van der Waals surface area contributed by atoms with E-state index in [1.54, 1.807) is 18.2 Å². The van der Waals surface area contributed by atoms with Gasteiger partial charge in [0.1, 0.15) is 14.0 Å². The minimum absolute atomic E-state index is 0.0502. The molecule has 1 aliphatic heterocycles. The Morgan fingerprint density at radius 2 is 1.85 bits per heavy atom. The van der Waals surface area contributed by atoms with Crippen LogP contribution in [0.3, 0.4) is 0 Å². The average Bonchev–Trinajstić information content (AvgIpc) is 3.40. The number of hydrogen-bond donors (Lipinski definition) is 3. The van der Waals surface area contributed by atoms with Crippen molar-refractivity contribution in [1.29, 1.82) is 0 Å². The molecule has 1 atom stereocenters. The molecule has 1 fully saturated rings. The van der Waals surface area contributed by atoms with Gasteiger partial charge in [-0.2, -0.15) is 0 Å². The zero-order valence-corrected chi connectivity index (χ0v) is 21.7. The summed E-state index contributed by atoms with van der Waals surface area (Å²) in [6.07, 6.45) is 2.87.